The summed E-state index contributed by atoms with van der Waals surface area (Å²) < 4.78 is 4.92. The lowest BCUT2D eigenvalue weighted by Crippen LogP contribution is -2.14. The standard InChI is InChI=1S/C11H12N2O3S/c1-16-3-2-4-17-9-5-8(14)10-7(11(9)15)6-12-13-10/h5-6H,2-4H2,1H3,(H,12,13). The van der Waals surface area contributed by atoms with E-state index in [1.165, 1.54) is 24.0 Å². The predicted molar refractivity (Wildman–Crippen MR) is 64.3 cm³/mol. The highest BCUT2D eigenvalue weighted by atomic mass is 32.2. The number of fused-ring (bicyclic) bond motifs is 1. The van der Waals surface area contributed by atoms with E-state index < -0.39 is 0 Å². The van der Waals surface area contributed by atoms with Crippen LogP contribution in [-0.4, -0.2) is 41.2 Å². The van der Waals surface area contributed by atoms with Gasteiger partial charge in [-0.2, -0.15) is 5.10 Å². The van der Waals surface area contributed by atoms with Crippen LogP contribution in [0, 0.1) is 0 Å². The molecule has 1 aliphatic carbocycles. The third kappa shape index (κ3) is 2.48. The molecule has 0 fully saturated rings. The number of carbonyl (C=O) groups is 2. The summed E-state index contributed by atoms with van der Waals surface area (Å²) in [6.07, 6.45) is 3.62. The SMILES string of the molecule is COCCCSC1=CC(=O)c2[nH]ncc2C1=O. The van der Waals surface area contributed by atoms with Crippen LogP contribution in [0.4, 0.5) is 0 Å². The summed E-state index contributed by atoms with van der Waals surface area (Å²) in [7, 11) is 1.64. The molecule has 0 atom stereocenters. The van der Waals surface area contributed by atoms with Gasteiger partial charge in [0, 0.05) is 25.5 Å². The number of methoxy groups -OCH3 is 1. The quantitative estimate of drug-likeness (QED) is 0.803. The van der Waals surface area contributed by atoms with Crippen LogP contribution < -0.4 is 0 Å². The lowest BCUT2D eigenvalue weighted by atomic mass is 10.0. The van der Waals surface area contributed by atoms with Crippen molar-refractivity contribution in [2.24, 2.45) is 0 Å². The second-order valence-corrected chi connectivity index (χ2v) is 4.69. The fraction of sp³-hybridized carbons (Fsp3) is 0.364. The summed E-state index contributed by atoms with van der Waals surface area (Å²) in [5, 5.41) is 6.26. The summed E-state index contributed by atoms with van der Waals surface area (Å²) in [5.41, 5.74) is 0.656. The molecule has 0 radical (unpaired) electrons. The zero-order valence-electron chi connectivity index (χ0n) is 9.36. The Morgan fingerprint density at radius 2 is 2.29 bits per heavy atom. The fourth-order valence-corrected chi connectivity index (χ4v) is 2.44. The summed E-state index contributed by atoms with van der Waals surface area (Å²) in [6, 6.07) is 0. The number of thioether (sulfide) groups is 1. The van der Waals surface area contributed by atoms with Crippen molar-refractivity contribution in [3.05, 3.63) is 28.4 Å². The maximum absolute atomic E-state index is 12.0. The number of H-pyrrole nitrogens is 1. The Balaban J connectivity index is 2.05. The minimum Gasteiger partial charge on any atom is -0.385 e. The van der Waals surface area contributed by atoms with Crippen LogP contribution in [0.15, 0.2) is 17.2 Å². The highest BCUT2D eigenvalue weighted by molar-refractivity contribution is 8.04. The Bertz CT molecular complexity index is 479. The molecule has 0 amide bonds. The molecule has 1 aromatic heterocycles. The van der Waals surface area contributed by atoms with Crippen LogP contribution in [-0.2, 0) is 4.74 Å². The summed E-state index contributed by atoms with van der Waals surface area (Å²) >= 11 is 1.39. The maximum Gasteiger partial charge on any atom is 0.205 e. The molecule has 0 aliphatic heterocycles. The number of aromatic nitrogens is 2. The van der Waals surface area contributed by atoms with E-state index >= 15 is 0 Å². The van der Waals surface area contributed by atoms with Crippen LogP contribution in [0.1, 0.15) is 27.3 Å². The second-order valence-electron chi connectivity index (χ2n) is 3.56. The molecule has 2 rings (SSSR count). The summed E-state index contributed by atoms with van der Waals surface area (Å²) in [4.78, 5) is 24.1. The number of aromatic amines is 1. The maximum atomic E-state index is 12.0. The third-order valence-corrected chi connectivity index (χ3v) is 3.47. The normalized spacial score (nSPS) is 14.8. The Labute approximate surface area is 103 Å². The number of nitrogens with one attached hydrogen (secondary N) is 1. The summed E-state index contributed by atoms with van der Waals surface area (Å²) in [6.45, 7) is 0.652. The molecule has 0 unspecified atom stereocenters. The van der Waals surface area contributed by atoms with E-state index in [0.29, 0.717) is 17.1 Å². The molecule has 0 saturated heterocycles. The number of ketones is 2. The lowest BCUT2D eigenvalue weighted by molar-refractivity contribution is 0.0989. The zero-order chi connectivity index (χ0) is 12.3. The van der Waals surface area contributed by atoms with E-state index in [2.05, 4.69) is 10.2 Å². The van der Waals surface area contributed by atoms with Gasteiger partial charge in [-0.15, -0.1) is 11.8 Å². The first-order valence-electron chi connectivity index (χ1n) is 5.20. The van der Waals surface area contributed by atoms with Crippen molar-refractivity contribution in [2.45, 2.75) is 6.42 Å². The van der Waals surface area contributed by atoms with Gasteiger partial charge in [-0.1, -0.05) is 0 Å². The Morgan fingerprint density at radius 3 is 3.06 bits per heavy atom. The first-order chi connectivity index (χ1) is 8.24. The highest BCUT2D eigenvalue weighted by Crippen LogP contribution is 2.27. The van der Waals surface area contributed by atoms with Crippen molar-refractivity contribution < 1.29 is 14.3 Å². The topological polar surface area (TPSA) is 72.1 Å². The fourth-order valence-electron chi connectivity index (χ4n) is 1.53. The number of nitrogens with zero attached hydrogens (tertiary/aromatic N) is 1. The minimum atomic E-state index is -0.189. The van der Waals surface area contributed by atoms with Gasteiger partial charge in [0.25, 0.3) is 0 Å². The first kappa shape index (κ1) is 12.1. The van der Waals surface area contributed by atoms with Gasteiger partial charge in [-0.25, -0.2) is 0 Å². The highest BCUT2D eigenvalue weighted by Gasteiger charge is 2.27. The number of hydrogen-bond acceptors (Lipinski definition) is 5. The molecule has 5 nitrogen and oxygen atoms in total. The van der Waals surface area contributed by atoms with Crippen LogP contribution in [0.2, 0.25) is 0 Å². The summed E-state index contributed by atoms with van der Waals surface area (Å²) in [5.74, 6) is 0.438. The van der Waals surface area contributed by atoms with Crippen LogP contribution in [0.3, 0.4) is 0 Å². The largest absolute Gasteiger partial charge is 0.385 e. The number of rotatable bonds is 5. The van der Waals surface area contributed by atoms with Crippen molar-refractivity contribution >= 4 is 23.3 Å². The number of hydrogen-bond donors (Lipinski definition) is 1. The van der Waals surface area contributed by atoms with E-state index in [4.69, 9.17) is 4.74 Å². The average Bonchev–Trinajstić information content (AvgIpc) is 2.80. The Morgan fingerprint density at radius 1 is 1.47 bits per heavy atom. The molecule has 0 saturated carbocycles. The van der Waals surface area contributed by atoms with Crippen molar-refractivity contribution in [3.63, 3.8) is 0 Å². The number of allylic oxidation sites excluding steroid dienone is 2. The van der Waals surface area contributed by atoms with Gasteiger partial charge < -0.3 is 4.74 Å². The van der Waals surface area contributed by atoms with Gasteiger partial charge in [0.15, 0.2) is 0 Å². The molecule has 1 aromatic rings. The van der Waals surface area contributed by atoms with Crippen molar-refractivity contribution in [3.8, 4) is 0 Å². The van der Waals surface area contributed by atoms with Crippen molar-refractivity contribution in [2.75, 3.05) is 19.5 Å². The van der Waals surface area contributed by atoms with Crippen LogP contribution >= 0.6 is 11.8 Å². The predicted octanol–water partition coefficient (Wildman–Crippen LogP) is 1.44. The van der Waals surface area contributed by atoms with Gasteiger partial charge in [0.1, 0.15) is 5.69 Å². The Kier molecular flexibility index (Phi) is 3.75. The molecule has 0 aromatic carbocycles. The van der Waals surface area contributed by atoms with Crippen molar-refractivity contribution in [1.82, 2.24) is 10.2 Å². The molecule has 17 heavy (non-hydrogen) atoms. The van der Waals surface area contributed by atoms with Gasteiger partial charge in [0.05, 0.1) is 16.7 Å². The van der Waals surface area contributed by atoms with E-state index in [-0.39, 0.29) is 17.3 Å². The molecular formula is C11H12N2O3S. The van der Waals surface area contributed by atoms with Crippen molar-refractivity contribution in [1.29, 1.82) is 0 Å². The van der Waals surface area contributed by atoms with Crippen LogP contribution in [0.25, 0.3) is 0 Å². The van der Waals surface area contributed by atoms with Gasteiger partial charge in [0.2, 0.25) is 11.6 Å². The number of ether oxygens (including phenoxy) is 1. The minimum absolute atomic E-state index is 0.129. The lowest BCUT2D eigenvalue weighted by Gasteiger charge is -2.10. The van der Waals surface area contributed by atoms with E-state index in [1.54, 1.807) is 7.11 Å². The zero-order valence-corrected chi connectivity index (χ0v) is 10.2. The molecule has 1 aliphatic rings. The second kappa shape index (κ2) is 5.29. The molecule has 0 bridgehead atoms. The van der Waals surface area contributed by atoms with E-state index in [9.17, 15) is 9.59 Å². The number of carbonyl (C=O) groups excluding carboxylic acids is 2. The van der Waals surface area contributed by atoms with E-state index in [1.807, 2.05) is 0 Å². The van der Waals surface area contributed by atoms with Gasteiger partial charge in [-0.05, 0) is 6.42 Å². The molecule has 1 N–H and O–H groups in total. The smallest absolute Gasteiger partial charge is 0.205 e. The molecular weight excluding hydrogens is 240 g/mol. The molecule has 0 spiro atoms. The number of Topliss-reactive ketones (excluding diaryl/α,β-unsaturated/α-hetero) is 1. The third-order valence-electron chi connectivity index (χ3n) is 2.37. The van der Waals surface area contributed by atoms with Gasteiger partial charge >= 0.3 is 0 Å². The molecule has 6 heteroatoms. The first-order valence-corrected chi connectivity index (χ1v) is 6.18. The monoisotopic (exact) mass is 252 g/mol. The average molecular weight is 252 g/mol. The van der Waals surface area contributed by atoms with Gasteiger partial charge in [-0.3, -0.25) is 14.7 Å². The van der Waals surface area contributed by atoms with E-state index in [0.717, 1.165) is 12.2 Å². The molecule has 90 valence electrons. The van der Waals surface area contributed by atoms with Crippen LogP contribution in [0.5, 0.6) is 0 Å². The molecule has 1 heterocycles. The Hall–Kier alpha value is -1.40.